The molecule has 2 aromatic carbocycles. The normalized spacial score (nSPS) is 17.5. The number of nitrogens with zero attached hydrogens (tertiary/aromatic N) is 3. The number of imidazole rings is 1. The van der Waals surface area contributed by atoms with Crippen molar-refractivity contribution in [2.45, 2.75) is 39.0 Å². The van der Waals surface area contributed by atoms with Gasteiger partial charge in [-0.1, -0.05) is 23.7 Å². The predicted octanol–water partition coefficient (Wildman–Crippen LogP) is 4.84. The van der Waals surface area contributed by atoms with Crippen LogP contribution in [-0.2, 0) is 16.1 Å². The monoisotopic (exact) mass is 479 g/mol. The molecule has 1 atom stereocenters. The van der Waals surface area contributed by atoms with E-state index in [0.717, 1.165) is 0 Å². The highest BCUT2D eigenvalue weighted by atomic mass is 35.5. The number of aliphatic hydroxyl groups excluding tert-OH is 1. The summed E-state index contributed by atoms with van der Waals surface area (Å²) in [6.07, 6.45) is 5.89. The maximum Gasteiger partial charge on any atom is 0.295 e. The van der Waals surface area contributed by atoms with Crippen molar-refractivity contribution < 1.29 is 19.4 Å². The molecule has 1 aliphatic heterocycles. The molecule has 0 unspecified atom stereocenters. The molecule has 0 bridgehead atoms. The Morgan fingerprint density at radius 1 is 1.09 bits per heavy atom. The maximum atomic E-state index is 13.1. The van der Waals surface area contributed by atoms with E-state index < -0.39 is 17.7 Å². The van der Waals surface area contributed by atoms with Crippen LogP contribution in [0.3, 0.4) is 0 Å². The summed E-state index contributed by atoms with van der Waals surface area (Å²) in [5.74, 6) is -0.871. The van der Waals surface area contributed by atoms with Crippen LogP contribution in [0.4, 0.5) is 0 Å². The van der Waals surface area contributed by atoms with Crippen molar-refractivity contribution in [3.05, 3.63) is 89.0 Å². The minimum Gasteiger partial charge on any atom is -0.507 e. The first-order valence-electron chi connectivity index (χ1n) is 11.1. The number of aromatic nitrogens is 2. The lowest BCUT2D eigenvalue weighted by molar-refractivity contribution is -0.139. The molecule has 1 amide bonds. The van der Waals surface area contributed by atoms with Crippen molar-refractivity contribution in [3.63, 3.8) is 0 Å². The van der Waals surface area contributed by atoms with Gasteiger partial charge in [-0.05, 0) is 62.2 Å². The van der Waals surface area contributed by atoms with Gasteiger partial charge in [0.1, 0.15) is 11.5 Å². The number of carbonyl (C=O) groups is 2. The molecule has 4 rings (SSSR count). The van der Waals surface area contributed by atoms with Gasteiger partial charge < -0.3 is 19.3 Å². The highest BCUT2D eigenvalue weighted by molar-refractivity contribution is 6.46. The zero-order valence-electron chi connectivity index (χ0n) is 19.0. The summed E-state index contributed by atoms with van der Waals surface area (Å²) in [5.41, 5.74) is 1.20. The minimum absolute atomic E-state index is 0.0181. The third kappa shape index (κ3) is 4.99. The van der Waals surface area contributed by atoms with Crippen LogP contribution in [0.25, 0.3) is 5.76 Å². The van der Waals surface area contributed by atoms with Crippen LogP contribution in [0.15, 0.2) is 72.8 Å². The molecule has 0 saturated carbocycles. The molecule has 0 radical (unpaired) electrons. The van der Waals surface area contributed by atoms with Crippen molar-refractivity contribution in [1.82, 2.24) is 14.5 Å². The van der Waals surface area contributed by atoms with E-state index in [1.165, 1.54) is 4.90 Å². The van der Waals surface area contributed by atoms with Gasteiger partial charge in [-0.15, -0.1) is 0 Å². The molecule has 0 aliphatic carbocycles. The molecule has 8 heteroatoms. The molecule has 3 aromatic rings. The zero-order chi connectivity index (χ0) is 24.2. The van der Waals surface area contributed by atoms with Crippen LogP contribution in [-0.4, -0.2) is 43.9 Å². The van der Waals surface area contributed by atoms with Crippen LogP contribution in [0.2, 0.25) is 5.02 Å². The van der Waals surface area contributed by atoms with Crippen molar-refractivity contribution in [2.75, 3.05) is 6.54 Å². The number of amides is 1. The van der Waals surface area contributed by atoms with Crippen molar-refractivity contribution in [1.29, 1.82) is 0 Å². The highest BCUT2D eigenvalue weighted by Crippen LogP contribution is 2.40. The zero-order valence-corrected chi connectivity index (χ0v) is 19.8. The summed E-state index contributed by atoms with van der Waals surface area (Å²) >= 11 is 5.98. The van der Waals surface area contributed by atoms with Crippen LogP contribution in [0.1, 0.15) is 37.4 Å². The van der Waals surface area contributed by atoms with E-state index in [4.69, 9.17) is 16.3 Å². The van der Waals surface area contributed by atoms with Crippen molar-refractivity contribution >= 4 is 29.1 Å². The highest BCUT2D eigenvalue weighted by Gasteiger charge is 2.45. The number of rotatable bonds is 8. The number of ketones is 1. The number of hydrogen-bond acceptors (Lipinski definition) is 5. The number of Topliss-reactive ketones (excluding diaryl/α,β-unsaturated/α-hetero) is 1. The van der Waals surface area contributed by atoms with Crippen molar-refractivity contribution in [2.24, 2.45) is 0 Å². The third-order valence-electron chi connectivity index (χ3n) is 5.60. The molecule has 1 fully saturated rings. The summed E-state index contributed by atoms with van der Waals surface area (Å²) in [7, 11) is 0. The molecule has 1 aliphatic rings. The standard InChI is InChI=1S/C26H26ClN3O4/c1-17(2)34-21-10-6-18(7-11-21)23-22(24(31)19-4-8-20(27)9-5-19)25(32)26(33)30(23)14-3-13-29-15-12-28-16-29/h4-12,15-17,23,31H,3,13-14H2,1-2H3/b24-22+/t23-/m0/s1. The number of aliphatic hydroxyl groups is 1. The lowest BCUT2D eigenvalue weighted by Crippen LogP contribution is -2.31. The number of likely N-dealkylation sites (tertiary alicyclic amines) is 1. The van der Waals surface area contributed by atoms with E-state index in [1.807, 2.05) is 48.9 Å². The second-order valence-electron chi connectivity index (χ2n) is 8.39. The van der Waals surface area contributed by atoms with Gasteiger partial charge in [0.2, 0.25) is 0 Å². The number of aryl methyl sites for hydroxylation is 1. The summed E-state index contributed by atoms with van der Waals surface area (Å²) in [6, 6.07) is 13.1. The average Bonchev–Trinajstić information content (AvgIpc) is 3.42. The molecule has 34 heavy (non-hydrogen) atoms. The number of carbonyl (C=O) groups excluding carboxylic acids is 2. The molecular weight excluding hydrogens is 454 g/mol. The van der Waals surface area contributed by atoms with Crippen LogP contribution in [0.5, 0.6) is 5.75 Å². The largest absolute Gasteiger partial charge is 0.507 e. The quantitative estimate of drug-likeness (QED) is 0.284. The van der Waals surface area contributed by atoms with Gasteiger partial charge in [0, 0.05) is 36.1 Å². The SMILES string of the molecule is CC(C)Oc1ccc([C@H]2/C(=C(\O)c3ccc(Cl)cc3)C(=O)C(=O)N2CCCn2ccnc2)cc1. The van der Waals surface area contributed by atoms with E-state index in [1.54, 1.807) is 36.8 Å². The average molecular weight is 480 g/mol. The fourth-order valence-corrected chi connectivity index (χ4v) is 4.19. The lowest BCUT2D eigenvalue weighted by Gasteiger charge is -2.25. The molecule has 1 saturated heterocycles. The number of hydrogen-bond donors (Lipinski definition) is 1. The van der Waals surface area contributed by atoms with Gasteiger partial charge in [0.05, 0.1) is 24.0 Å². The fraction of sp³-hybridized carbons (Fsp3) is 0.269. The Balaban J connectivity index is 1.71. The molecule has 1 N–H and O–H groups in total. The second-order valence-corrected chi connectivity index (χ2v) is 8.83. The molecule has 0 spiro atoms. The summed E-state index contributed by atoms with van der Waals surface area (Å²) < 4.78 is 7.65. The first-order valence-corrected chi connectivity index (χ1v) is 11.5. The van der Waals surface area contributed by atoms with Crippen LogP contribution in [0, 0.1) is 0 Å². The van der Waals surface area contributed by atoms with Gasteiger partial charge >= 0.3 is 0 Å². The van der Waals surface area contributed by atoms with Crippen LogP contribution >= 0.6 is 11.6 Å². The topological polar surface area (TPSA) is 84.7 Å². The smallest absolute Gasteiger partial charge is 0.295 e. The van der Waals surface area contributed by atoms with E-state index in [-0.39, 0.29) is 17.4 Å². The molecule has 7 nitrogen and oxygen atoms in total. The Morgan fingerprint density at radius 2 is 1.79 bits per heavy atom. The molecular formula is C26H26ClN3O4. The van der Waals surface area contributed by atoms with Gasteiger partial charge in [-0.3, -0.25) is 9.59 Å². The number of ether oxygens (including phenoxy) is 1. The predicted molar refractivity (Wildman–Crippen MR) is 130 cm³/mol. The van der Waals surface area contributed by atoms with E-state index in [2.05, 4.69) is 4.98 Å². The van der Waals surface area contributed by atoms with Gasteiger partial charge in [-0.25, -0.2) is 4.98 Å². The van der Waals surface area contributed by atoms with Crippen LogP contribution < -0.4 is 4.74 Å². The van der Waals surface area contributed by atoms with Gasteiger partial charge in [-0.2, -0.15) is 0 Å². The lowest BCUT2D eigenvalue weighted by atomic mass is 9.95. The first-order chi connectivity index (χ1) is 16.3. The Bertz CT molecular complexity index is 1190. The van der Waals surface area contributed by atoms with E-state index >= 15 is 0 Å². The molecule has 1 aromatic heterocycles. The summed E-state index contributed by atoms with van der Waals surface area (Å²) in [5, 5.41) is 11.6. The molecule has 176 valence electrons. The van der Waals surface area contributed by atoms with Gasteiger partial charge in [0.15, 0.2) is 0 Å². The van der Waals surface area contributed by atoms with Crippen molar-refractivity contribution in [3.8, 4) is 5.75 Å². The van der Waals surface area contributed by atoms with E-state index in [0.29, 0.717) is 41.4 Å². The number of benzene rings is 2. The Hall–Kier alpha value is -3.58. The number of halogens is 1. The maximum absolute atomic E-state index is 13.1. The summed E-state index contributed by atoms with van der Waals surface area (Å²) in [4.78, 5) is 31.7. The minimum atomic E-state index is -0.716. The Morgan fingerprint density at radius 3 is 2.41 bits per heavy atom. The fourth-order valence-electron chi connectivity index (χ4n) is 4.06. The van der Waals surface area contributed by atoms with E-state index in [9.17, 15) is 14.7 Å². The summed E-state index contributed by atoms with van der Waals surface area (Å²) in [6.45, 7) is 4.87. The Kier molecular flexibility index (Phi) is 7.03. The third-order valence-corrected chi connectivity index (χ3v) is 5.85. The molecule has 2 heterocycles. The first kappa shape index (κ1) is 23.6. The second kappa shape index (κ2) is 10.1. The van der Waals surface area contributed by atoms with Gasteiger partial charge in [0.25, 0.3) is 11.7 Å². The Labute approximate surface area is 203 Å².